The van der Waals surface area contributed by atoms with Gasteiger partial charge in [-0.25, -0.2) is 14.4 Å². The molecule has 0 spiro atoms. The minimum absolute atomic E-state index is 0.293. The summed E-state index contributed by atoms with van der Waals surface area (Å²) in [4.78, 5) is 32.5. The number of esters is 1. The van der Waals surface area contributed by atoms with Crippen LogP contribution in [0.5, 0.6) is 0 Å². The van der Waals surface area contributed by atoms with Crippen LogP contribution in [-0.2, 0) is 14.3 Å². The first-order valence-electron chi connectivity index (χ1n) is 5.40. The summed E-state index contributed by atoms with van der Waals surface area (Å²) >= 11 is 0. The third-order valence-electron chi connectivity index (χ3n) is 2.16. The second-order valence-electron chi connectivity index (χ2n) is 3.44. The van der Waals surface area contributed by atoms with Crippen molar-refractivity contribution in [2.75, 3.05) is 20.8 Å². The zero-order valence-electron chi connectivity index (χ0n) is 10.4. The minimum Gasteiger partial charge on any atom is -0.467 e. The van der Waals surface area contributed by atoms with Gasteiger partial charge in [-0.05, 0) is 19.3 Å². The summed E-state index contributed by atoms with van der Waals surface area (Å²) in [7, 11) is 2.42. The summed E-state index contributed by atoms with van der Waals surface area (Å²) in [6, 6.07) is -0.785. The van der Waals surface area contributed by atoms with Crippen molar-refractivity contribution in [3.8, 4) is 0 Å². The van der Waals surface area contributed by atoms with E-state index in [1.807, 2.05) is 0 Å². The van der Waals surface area contributed by atoms with Gasteiger partial charge in [-0.1, -0.05) is 0 Å². The molecule has 0 aliphatic heterocycles. The molecule has 0 rings (SSSR count). The second kappa shape index (κ2) is 9.08. The van der Waals surface area contributed by atoms with Gasteiger partial charge in [0.2, 0.25) is 0 Å². The quantitative estimate of drug-likeness (QED) is 0.450. The first-order chi connectivity index (χ1) is 8.51. The Bertz CT molecular complexity index is 294. The number of hydrogen-bond donors (Lipinski definition) is 3. The zero-order chi connectivity index (χ0) is 14.0. The number of carboxylic acid groups (broad SMARTS) is 1. The van der Waals surface area contributed by atoms with Gasteiger partial charge in [-0.2, -0.15) is 0 Å². The lowest BCUT2D eigenvalue weighted by Gasteiger charge is -2.15. The van der Waals surface area contributed by atoms with Crippen molar-refractivity contribution in [1.82, 2.24) is 10.6 Å². The molecule has 0 aromatic rings. The number of rotatable bonds is 7. The molecule has 0 heterocycles. The van der Waals surface area contributed by atoms with Gasteiger partial charge >= 0.3 is 18.2 Å². The van der Waals surface area contributed by atoms with Crippen LogP contribution in [0.2, 0.25) is 0 Å². The fourth-order valence-corrected chi connectivity index (χ4v) is 1.26. The molecule has 1 unspecified atom stereocenters. The van der Waals surface area contributed by atoms with Gasteiger partial charge in [0.15, 0.2) is 0 Å². The van der Waals surface area contributed by atoms with Gasteiger partial charge in [0.05, 0.1) is 14.2 Å². The van der Waals surface area contributed by atoms with E-state index in [0.29, 0.717) is 25.8 Å². The first kappa shape index (κ1) is 16.0. The average molecular weight is 262 g/mol. The van der Waals surface area contributed by atoms with Crippen molar-refractivity contribution in [3.05, 3.63) is 0 Å². The van der Waals surface area contributed by atoms with Crippen molar-refractivity contribution >= 4 is 18.2 Å². The van der Waals surface area contributed by atoms with E-state index in [1.165, 1.54) is 14.2 Å². The Labute approximate surface area is 105 Å². The van der Waals surface area contributed by atoms with E-state index in [1.54, 1.807) is 0 Å². The zero-order valence-corrected chi connectivity index (χ0v) is 10.4. The van der Waals surface area contributed by atoms with E-state index >= 15 is 0 Å². The Morgan fingerprint density at radius 2 is 1.83 bits per heavy atom. The number of amides is 2. The predicted molar refractivity (Wildman–Crippen MR) is 61.2 cm³/mol. The lowest BCUT2D eigenvalue weighted by molar-refractivity contribution is -0.143. The highest BCUT2D eigenvalue weighted by Gasteiger charge is 2.21. The van der Waals surface area contributed by atoms with Crippen molar-refractivity contribution in [2.45, 2.75) is 25.3 Å². The van der Waals surface area contributed by atoms with Gasteiger partial charge in [0.25, 0.3) is 0 Å². The summed E-state index contributed by atoms with van der Waals surface area (Å²) in [5, 5.41) is 12.9. The topological polar surface area (TPSA) is 114 Å². The normalized spacial score (nSPS) is 11.2. The number of carbonyl (C=O) groups excluding carboxylic acids is 2. The lowest BCUT2D eigenvalue weighted by Crippen LogP contribution is -2.41. The number of unbranched alkanes of at least 4 members (excludes halogenated alkanes) is 1. The van der Waals surface area contributed by atoms with Gasteiger partial charge in [0.1, 0.15) is 6.04 Å². The van der Waals surface area contributed by atoms with E-state index in [0.717, 1.165) is 0 Å². The van der Waals surface area contributed by atoms with Gasteiger partial charge in [-0.3, -0.25) is 0 Å². The summed E-state index contributed by atoms with van der Waals surface area (Å²) in [6.45, 7) is 0.293. The molecule has 0 aliphatic rings. The number of hydrogen-bond acceptors (Lipinski definition) is 5. The van der Waals surface area contributed by atoms with Crippen LogP contribution in [0.1, 0.15) is 19.3 Å². The molecule has 2 amide bonds. The average Bonchev–Trinajstić information content (AvgIpc) is 2.35. The van der Waals surface area contributed by atoms with Gasteiger partial charge in [0, 0.05) is 6.54 Å². The van der Waals surface area contributed by atoms with Crippen molar-refractivity contribution in [1.29, 1.82) is 0 Å². The second-order valence-corrected chi connectivity index (χ2v) is 3.44. The van der Waals surface area contributed by atoms with Crippen LogP contribution in [0.3, 0.4) is 0 Å². The highest BCUT2D eigenvalue weighted by atomic mass is 16.5. The molecule has 0 saturated heterocycles. The highest BCUT2D eigenvalue weighted by molar-refractivity contribution is 5.81. The smallest absolute Gasteiger partial charge is 0.407 e. The lowest BCUT2D eigenvalue weighted by atomic mass is 10.1. The van der Waals surface area contributed by atoms with Crippen LogP contribution < -0.4 is 10.6 Å². The number of carbonyl (C=O) groups is 3. The number of alkyl carbamates (subject to hydrolysis) is 1. The molecule has 1 atom stereocenters. The first-order valence-corrected chi connectivity index (χ1v) is 5.40. The molecular formula is C10H18N2O6. The van der Waals surface area contributed by atoms with E-state index in [-0.39, 0.29) is 0 Å². The SMILES string of the molecule is COC(=O)NC(CCCCNC(=O)O)C(=O)OC. The van der Waals surface area contributed by atoms with Crippen LogP contribution in [-0.4, -0.2) is 50.1 Å². The van der Waals surface area contributed by atoms with Crippen molar-refractivity contribution in [3.63, 3.8) is 0 Å². The molecule has 104 valence electrons. The van der Waals surface area contributed by atoms with Crippen LogP contribution in [0.15, 0.2) is 0 Å². The van der Waals surface area contributed by atoms with Crippen LogP contribution in [0.25, 0.3) is 0 Å². The molecule has 0 aromatic heterocycles. The third-order valence-corrected chi connectivity index (χ3v) is 2.16. The predicted octanol–water partition coefficient (Wildman–Crippen LogP) is 0.322. The Kier molecular flexibility index (Phi) is 8.08. The summed E-state index contributed by atoms with van der Waals surface area (Å²) < 4.78 is 8.92. The number of nitrogens with one attached hydrogen (secondary N) is 2. The molecule has 0 fully saturated rings. The minimum atomic E-state index is -1.09. The fraction of sp³-hybridized carbons (Fsp3) is 0.700. The molecule has 0 aromatic carbocycles. The maximum absolute atomic E-state index is 11.3. The van der Waals surface area contributed by atoms with E-state index < -0.39 is 24.2 Å². The molecule has 0 saturated carbocycles. The largest absolute Gasteiger partial charge is 0.467 e. The molecule has 0 bridgehead atoms. The van der Waals surface area contributed by atoms with E-state index in [4.69, 9.17) is 5.11 Å². The molecule has 8 nitrogen and oxygen atoms in total. The highest BCUT2D eigenvalue weighted by Crippen LogP contribution is 2.03. The third kappa shape index (κ3) is 7.31. The molecule has 8 heteroatoms. The van der Waals surface area contributed by atoms with Gasteiger partial charge < -0.3 is 25.2 Å². The van der Waals surface area contributed by atoms with E-state index in [2.05, 4.69) is 20.1 Å². The maximum Gasteiger partial charge on any atom is 0.407 e. The van der Waals surface area contributed by atoms with Crippen LogP contribution in [0.4, 0.5) is 9.59 Å². The number of ether oxygens (including phenoxy) is 2. The van der Waals surface area contributed by atoms with Crippen molar-refractivity contribution in [2.24, 2.45) is 0 Å². The Balaban J connectivity index is 3.97. The standard InChI is InChI=1S/C10H18N2O6/c1-17-8(13)7(12-10(16)18-2)5-3-4-6-11-9(14)15/h7,11H,3-6H2,1-2H3,(H,12,16)(H,14,15). The summed E-state index contributed by atoms with van der Waals surface area (Å²) in [5.41, 5.74) is 0. The summed E-state index contributed by atoms with van der Waals surface area (Å²) in [6.07, 6.45) is -0.336. The molecule has 18 heavy (non-hydrogen) atoms. The summed E-state index contributed by atoms with van der Waals surface area (Å²) in [5.74, 6) is -0.563. The van der Waals surface area contributed by atoms with E-state index in [9.17, 15) is 14.4 Å². The van der Waals surface area contributed by atoms with Gasteiger partial charge in [-0.15, -0.1) is 0 Å². The maximum atomic E-state index is 11.3. The molecular weight excluding hydrogens is 244 g/mol. The van der Waals surface area contributed by atoms with Crippen LogP contribution >= 0.6 is 0 Å². The van der Waals surface area contributed by atoms with Crippen LogP contribution in [0, 0.1) is 0 Å². The Morgan fingerprint density at radius 1 is 1.17 bits per heavy atom. The molecule has 3 N–H and O–H groups in total. The Hall–Kier alpha value is -1.99. The fourth-order valence-electron chi connectivity index (χ4n) is 1.26. The van der Waals surface area contributed by atoms with Crippen molar-refractivity contribution < 1.29 is 29.0 Å². The monoisotopic (exact) mass is 262 g/mol. The number of methoxy groups -OCH3 is 2. The molecule has 0 radical (unpaired) electrons. The molecule has 0 aliphatic carbocycles. The Morgan fingerprint density at radius 3 is 2.33 bits per heavy atom.